The number of rotatable bonds is 12. The summed E-state index contributed by atoms with van der Waals surface area (Å²) in [6, 6.07) is 17.7. The summed E-state index contributed by atoms with van der Waals surface area (Å²) in [4.78, 5) is 12.8. The van der Waals surface area contributed by atoms with E-state index in [1.165, 1.54) is 12.1 Å². The van der Waals surface area contributed by atoms with E-state index in [0.717, 1.165) is 22.4 Å². The Balaban J connectivity index is 1.06. The van der Waals surface area contributed by atoms with Gasteiger partial charge in [0.2, 0.25) is 5.95 Å². The predicted octanol–water partition coefficient (Wildman–Crippen LogP) is 4.54. The summed E-state index contributed by atoms with van der Waals surface area (Å²) in [6.45, 7) is 3.12. The number of benzene rings is 2. The van der Waals surface area contributed by atoms with Crippen molar-refractivity contribution in [1.82, 2.24) is 9.88 Å². The highest BCUT2D eigenvalue weighted by atomic mass is 32.2. The normalized spacial score (nSPS) is 16.2. The number of ether oxygens (including phenoxy) is 2. The van der Waals surface area contributed by atoms with E-state index in [4.69, 9.17) is 18.6 Å². The summed E-state index contributed by atoms with van der Waals surface area (Å²) in [6.07, 6.45) is 5.65. The van der Waals surface area contributed by atoms with Crippen molar-refractivity contribution in [3.05, 3.63) is 102 Å². The molecular weight excluding hydrogens is 559 g/mol. The molecule has 0 radical (unpaired) electrons. The number of hydrogen-bond acceptors (Lipinski definition) is 9. The van der Waals surface area contributed by atoms with Crippen molar-refractivity contribution in [1.29, 1.82) is 0 Å². The van der Waals surface area contributed by atoms with Crippen molar-refractivity contribution >= 4 is 21.6 Å². The number of nitrogens with zero attached hydrogens (tertiary/aromatic N) is 4. The highest BCUT2D eigenvalue weighted by Gasteiger charge is 2.26. The molecule has 3 heterocycles. The van der Waals surface area contributed by atoms with Gasteiger partial charge in [0.15, 0.2) is 0 Å². The first kappa shape index (κ1) is 29.4. The van der Waals surface area contributed by atoms with Crippen molar-refractivity contribution in [2.45, 2.75) is 18.0 Å². The molecule has 1 atom stereocenters. The van der Waals surface area contributed by atoms with Gasteiger partial charge in [0, 0.05) is 25.9 Å². The van der Waals surface area contributed by atoms with E-state index in [1.807, 2.05) is 63.6 Å². The summed E-state index contributed by atoms with van der Waals surface area (Å²) in [5, 5.41) is 0. The number of aryl methyl sites for hydroxylation is 1. The lowest BCUT2D eigenvalue weighted by Gasteiger charge is -2.23. The second kappa shape index (κ2) is 12.8. The highest BCUT2D eigenvalue weighted by Crippen LogP contribution is 2.27. The van der Waals surface area contributed by atoms with Crippen molar-refractivity contribution in [3.8, 4) is 11.1 Å². The second-order valence-corrected chi connectivity index (χ2v) is 11.7. The predicted molar refractivity (Wildman–Crippen MR) is 159 cm³/mol. The number of allylic oxidation sites excluding steroid dienone is 1. The molecule has 2 aromatic carbocycles. The van der Waals surface area contributed by atoms with Gasteiger partial charge in [-0.3, -0.25) is 9.18 Å². The zero-order valence-corrected chi connectivity index (χ0v) is 24.6. The van der Waals surface area contributed by atoms with Gasteiger partial charge in [0.05, 0.1) is 37.0 Å². The van der Waals surface area contributed by atoms with Crippen LogP contribution in [0.25, 0.3) is 11.1 Å². The largest absolute Gasteiger partial charge is 0.490 e. The van der Waals surface area contributed by atoms with Crippen molar-refractivity contribution in [2.24, 2.45) is 4.99 Å². The number of hydrogen-bond donors (Lipinski definition) is 0. The Morgan fingerprint density at radius 2 is 1.67 bits per heavy atom. The Labute approximate surface area is 245 Å². The van der Waals surface area contributed by atoms with Gasteiger partial charge in [0.1, 0.15) is 24.3 Å². The average molecular weight is 593 g/mol. The SMILES string of the molecule is Cc1ccc(S(=O)(=O)OCCOCCOC2=CN3CC(c4ccc(-c5ccc(N(C)C)nc5F)cc4)=NC3C=C2)cc1. The fourth-order valence-corrected chi connectivity index (χ4v) is 5.38. The minimum atomic E-state index is -3.81. The third-order valence-corrected chi connectivity index (χ3v) is 8.11. The van der Waals surface area contributed by atoms with Gasteiger partial charge in [-0.25, -0.2) is 4.98 Å². The molecular formula is C31H33FN4O5S. The molecule has 0 fully saturated rings. The van der Waals surface area contributed by atoms with Crippen molar-refractivity contribution < 1.29 is 26.5 Å². The first-order valence-electron chi connectivity index (χ1n) is 13.5. The molecule has 1 unspecified atom stereocenters. The van der Waals surface area contributed by atoms with Crippen LogP contribution in [0.2, 0.25) is 0 Å². The molecule has 42 heavy (non-hydrogen) atoms. The molecule has 5 rings (SSSR count). The number of fused-ring (bicyclic) bond motifs is 1. The molecule has 2 aliphatic heterocycles. The van der Waals surface area contributed by atoms with Crippen LogP contribution in [0, 0.1) is 12.9 Å². The molecule has 0 aliphatic carbocycles. The van der Waals surface area contributed by atoms with Crippen LogP contribution in [0.4, 0.5) is 10.2 Å². The van der Waals surface area contributed by atoms with Gasteiger partial charge < -0.3 is 19.3 Å². The highest BCUT2D eigenvalue weighted by molar-refractivity contribution is 7.86. The summed E-state index contributed by atoms with van der Waals surface area (Å²) in [7, 11) is -0.159. The summed E-state index contributed by atoms with van der Waals surface area (Å²) in [5.74, 6) is 0.750. The molecule has 0 amide bonds. The zero-order valence-electron chi connectivity index (χ0n) is 23.7. The van der Waals surface area contributed by atoms with Crippen LogP contribution >= 0.6 is 0 Å². The molecule has 0 saturated heterocycles. The molecule has 0 N–H and O–H groups in total. The van der Waals surface area contributed by atoms with E-state index in [-0.39, 0.29) is 30.9 Å². The first-order chi connectivity index (χ1) is 20.2. The quantitative estimate of drug-likeness (QED) is 0.172. The van der Waals surface area contributed by atoms with Crippen LogP contribution in [0.15, 0.2) is 94.7 Å². The van der Waals surface area contributed by atoms with Gasteiger partial charge >= 0.3 is 0 Å². The number of aliphatic imine (C=N–C) groups is 1. The van der Waals surface area contributed by atoms with Crippen molar-refractivity contribution in [2.75, 3.05) is 52.0 Å². The summed E-state index contributed by atoms with van der Waals surface area (Å²) in [5.41, 5.74) is 4.07. The fourth-order valence-electron chi connectivity index (χ4n) is 4.48. The second-order valence-electron chi connectivity index (χ2n) is 10.1. The minimum Gasteiger partial charge on any atom is -0.490 e. The van der Waals surface area contributed by atoms with Crippen molar-refractivity contribution in [3.63, 3.8) is 0 Å². The van der Waals surface area contributed by atoms with Gasteiger partial charge in [-0.1, -0.05) is 42.0 Å². The van der Waals surface area contributed by atoms with Crippen LogP contribution in [-0.2, 0) is 23.8 Å². The monoisotopic (exact) mass is 592 g/mol. The van der Waals surface area contributed by atoms with E-state index in [1.54, 1.807) is 29.2 Å². The van der Waals surface area contributed by atoms with E-state index in [9.17, 15) is 12.8 Å². The molecule has 11 heteroatoms. The summed E-state index contributed by atoms with van der Waals surface area (Å²) < 4.78 is 55.3. The molecule has 9 nitrogen and oxygen atoms in total. The Hall–Kier alpha value is -4.06. The number of anilines is 1. The fraction of sp³-hybridized carbons (Fsp3) is 0.290. The van der Waals surface area contributed by atoms with Crippen LogP contribution in [-0.4, -0.2) is 77.2 Å². The Morgan fingerprint density at radius 3 is 2.38 bits per heavy atom. The van der Waals surface area contributed by atoms with E-state index >= 15 is 0 Å². The average Bonchev–Trinajstić information content (AvgIpc) is 3.40. The Bertz CT molecular complexity index is 1600. The molecule has 0 spiro atoms. The third kappa shape index (κ3) is 7.04. The smallest absolute Gasteiger partial charge is 0.297 e. The summed E-state index contributed by atoms with van der Waals surface area (Å²) >= 11 is 0. The molecule has 220 valence electrons. The topological polar surface area (TPSA) is 93.6 Å². The Morgan fingerprint density at radius 1 is 0.952 bits per heavy atom. The molecule has 3 aromatic rings. The molecule has 0 saturated carbocycles. The maximum absolute atomic E-state index is 14.6. The number of pyridine rings is 1. The lowest BCUT2D eigenvalue weighted by atomic mass is 10.0. The van der Waals surface area contributed by atoms with Gasteiger partial charge in [-0.05, 0) is 54.5 Å². The van der Waals surface area contributed by atoms with Gasteiger partial charge in [-0.2, -0.15) is 12.8 Å². The van der Waals surface area contributed by atoms with Gasteiger partial charge in [0.25, 0.3) is 10.1 Å². The van der Waals surface area contributed by atoms with Crippen LogP contribution in [0.3, 0.4) is 0 Å². The maximum atomic E-state index is 14.6. The molecule has 2 aliphatic rings. The van der Waals surface area contributed by atoms with Crippen LogP contribution < -0.4 is 4.90 Å². The van der Waals surface area contributed by atoms with E-state index < -0.39 is 16.1 Å². The standard InChI is InChI=1S/C31H33FN4O5S/c1-22-4-11-26(12-5-22)42(37,38)41-19-17-39-16-18-40-25-10-14-30-33-28(21-36(30)20-25)24-8-6-23(7-9-24)27-13-15-29(35(2)3)34-31(27)32/h4-15,20,30H,16-19,21H2,1-3H3. The lowest BCUT2D eigenvalue weighted by molar-refractivity contribution is 0.0604. The maximum Gasteiger partial charge on any atom is 0.297 e. The zero-order chi connectivity index (χ0) is 29.7. The number of halogens is 1. The van der Waals surface area contributed by atoms with Crippen LogP contribution in [0.5, 0.6) is 0 Å². The lowest BCUT2D eigenvalue weighted by Crippen LogP contribution is -2.27. The van der Waals surface area contributed by atoms with E-state index in [0.29, 0.717) is 30.3 Å². The van der Waals surface area contributed by atoms with E-state index in [2.05, 4.69) is 9.88 Å². The first-order valence-corrected chi connectivity index (χ1v) is 14.9. The number of aromatic nitrogens is 1. The minimum absolute atomic E-state index is 0.0794. The Kier molecular flexibility index (Phi) is 9.00. The van der Waals surface area contributed by atoms with Gasteiger partial charge in [-0.15, -0.1) is 0 Å². The molecule has 0 bridgehead atoms. The van der Waals surface area contributed by atoms with Crippen LogP contribution in [0.1, 0.15) is 11.1 Å². The third-order valence-electron chi connectivity index (χ3n) is 6.78. The molecule has 1 aromatic heterocycles.